The van der Waals surface area contributed by atoms with Crippen molar-refractivity contribution in [2.24, 2.45) is 0 Å². The van der Waals surface area contributed by atoms with Gasteiger partial charge in [-0.15, -0.1) is 0 Å². The largest absolute Gasteiger partial charge is 0.306 e. The van der Waals surface area contributed by atoms with Crippen LogP contribution >= 0.6 is 12.6 Å². The van der Waals surface area contributed by atoms with E-state index in [9.17, 15) is 0 Å². The van der Waals surface area contributed by atoms with Gasteiger partial charge in [0.1, 0.15) is 0 Å². The minimum absolute atomic E-state index is 0.531. The first-order chi connectivity index (χ1) is 3.43. The summed E-state index contributed by atoms with van der Waals surface area (Å²) in [6.45, 7) is 1.02. The molecule has 7 heavy (non-hydrogen) atoms. The van der Waals surface area contributed by atoms with Gasteiger partial charge in [0.05, 0.1) is 0 Å². The summed E-state index contributed by atoms with van der Waals surface area (Å²) in [5, 5.41) is 3.22. The lowest BCUT2D eigenvalue weighted by molar-refractivity contribution is 0.736. The zero-order valence-corrected chi connectivity index (χ0v) is 4.99. The predicted molar refractivity (Wildman–Crippen MR) is 34.8 cm³/mol. The number of thiol groups is 1. The van der Waals surface area contributed by atoms with Crippen molar-refractivity contribution in [3.63, 3.8) is 0 Å². The third kappa shape index (κ3) is 1.21. The van der Waals surface area contributed by atoms with Crippen molar-refractivity contribution in [3.05, 3.63) is 12.2 Å². The lowest BCUT2D eigenvalue weighted by atomic mass is 10.4. The van der Waals surface area contributed by atoms with Gasteiger partial charge in [-0.1, -0.05) is 12.2 Å². The average molecular weight is 115 g/mol. The Morgan fingerprint density at radius 2 is 2.71 bits per heavy atom. The van der Waals surface area contributed by atoms with Gasteiger partial charge in [-0.05, 0) is 0 Å². The van der Waals surface area contributed by atoms with Crippen LogP contribution in [0.3, 0.4) is 0 Å². The third-order valence-corrected chi connectivity index (χ3v) is 1.46. The van der Waals surface area contributed by atoms with Crippen molar-refractivity contribution in [1.82, 2.24) is 5.32 Å². The minimum Gasteiger partial charge on any atom is -0.306 e. The maximum Gasteiger partial charge on any atom is 0.0341 e. The summed E-state index contributed by atoms with van der Waals surface area (Å²) in [5.41, 5.74) is 0. The number of hydrogen-bond acceptors (Lipinski definition) is 2. The van der Waals surface area contributed by atoms with Gasteiger partial charge in [0, 0.05) is 18.3 Å². The Morgan fingerprint density at radius 1 is 1.86 bits per heavy atom. The topological polar surface area (TPSA) is 12.0 Å². The van der Waals surface area contributed by atoms with Gasteiger partial charge in [-0.25, -0.2) is 0 Å². The normalized spacial score (nSPS) is 29.0. The lowest BCUT2D eigenvalue weighted by Gasteiger charge is -2.00. The molecule has 1 aliphatic rings. The fraction of sp³-hybridized carbons (Fsp3) is 0.600. The molecule has 1 N–H and O–H groups in total. The molecule has 0 spiro atoms. The molecule has 2 heteroatoms. The molecule has 1 heterocycles. The molecule has 0 aromatic carbocycles. The zero-order chi connectivity index (χ0) is 5.11. The molecule has 0 fully saturated rings. The van der Waals surface area contributed by atoms with Gasteiger partial charge >= 0.3 is 0 Å². The third-order valence-electron chi connectivity index (χ3n) is 1.06. The quantitative estimate of drug-likeness (QED) is 0.373. The highest BCUT2D eigenvalue weighted by molar-refractivity contribution is 7.80. The molecule has 1 aliphatic heterocycles. The highest BCUT2D eigenvalue weighted by Gasteiger charge is 2.02. The first-order valence-corrected chi connectivity index (χ1v) is 3.07. The van der Waals surface area contributed by atoms with Crippen LogP contribution in [0.15, 0.2) is 12.2 Å². The molecule has 40 valence electrons. The molecular weight excluding hydrogens is 106 g/mol. The molecule has 1 unspecified atom stereocenters. The van der Waals surface area contributed by atoms with Gasteiger partial charge in [0.15, 0.2) is 0 Å². The van der Waals surface area contributed by atoms with E-state index in [-0.39, 0.29) is 0 Å². The number of hydrogen-bond donors (Lipinski definition) is 2. The molecule has 1 nitrogen and oxygen atoms in total. The van der Waals surface area contributed by atoms with Crippen molar-refractivity contribution in [3.8, 4) is 0 Å². The van der Waals surface area contributed by atoms with Crippen molar-refractivity contribution in [2.75, 3.05) is 12.3 Å². The molecule has 1 rings (SSSR count). The first kappa shape index (κ1) is 5.19. The van der Waals surface area contributed by atoms with E-state index in [1.54, 1.807) is 0 Å². The standard InChI is InChI=1S/C5H9NS/c7-4-5-2-1-3-6-5/h1-2,5-7H,3-4H2. The van der Waals surface area contributed by atoms with Crippen LogP contribution in [0.4, 0.5) is 0 Å². The fourth-order valence-corrected chi connectivity index (χ4v) is 0.896. The van der Waals surface area contributed by atoms with Crippen LogP contribution < -0.4 is 5.32 Å². The van der Waals surface area contributed by atoms with Crippen molar-refractivity contribution in [1.29, 1.82) is 0 Å². The molecule has 1 atom stereocenters. The van der Waals surface area contributed by atoms with Crippen LogP contribution in [0, 0.1) is 0 Å². The first-order valence-electron chi connectivity index (χ1n) is 2.44. The van der Waals surface area contributed by atoms with E-state index in [4.69, 9.17) is 0 Å². The minimum atomic E-state index is 0.531. The molecule has 0 aromatic heterocycles. The van der Waals surface area contributed by atoms with Gasteiger partial charge in [-0.3, -0.25) is 0 Å². The fourth-order valence-electron chi connectivity index (χ4n) is 0.645. The van der Waals surface area contributed by atoms with Crippen LogP contribution in [-0.4, -0.2) is 18.3 Å². The summed E-state index contributed by atoms with van der Waals surface area (Å²) in [6, 6.07) is 0.531. The maximum absolute atomic E-state index is 4.10. The van der Waals surface area contributed by atoms with Crippen LogP contribution in [0.1, 0.15) is 0 Å². The number of nitrogens with one attached hydrogen (secondary N) is 1. The predicted octanol–water partition coefficient (Wildman–Crippen LogP) is 0.444. The van der Waals surface area contributed by atoms with E-state index in [0.717, 1.165) is 12.3 Å². The maximum atomic E-state index is 4.10. The van der Waals surface area contributed by atoms with E-state index in [2.05, 4.69) is 30.1 Å². The van der Waals surface area contributed by atoms with E-state index in [0.29, 0.717) is 6.04 Å². The SMILES string of the molecule is SCC1C=CCN1. The van der Waals surface area contributed by atoms with Crippen LogP contribution in [0.25, 0.3) is 0 Å². The molecule has 0 amide bonds. The van der Waals surface area contributed by atoms with Crippen LogP contribution in [0.2, 0.25) is 0 Å². The Labute approximate surface area is 49.2 Å². The van der Waals surface area contributed by atoms with E-state index < -0.39 is 0 Å². The van der Waals surface area contributed by atoms with E-state index in [1.807, 2.05) is 0 Å². The highest BCUT2D eigenvalue weighted by Crippen LogP contribution is 1.94. The zero-order valence-electron chi connectivity index (χ0n) is 4.09. The second kappa shape index (κ2) is 2.38. The Balaban J connectivity index is 2.28. The van der Waals surface area contributed by atoms with Gasteiger partial charge in [0.2, 0.25) is 0 Å². The Kier molecular flexibility index (Phi) is 1.77. The Bertz CT molecular complexity index is 80.1. The second-order valence-corrected chi connectivity index (χ2v) is 1.99. The smallest absolute Gasteiger partial charge is 0.0341 e. The monoisotopic (exact) mass is 115 g/mol. The van der Waals surface area contributed by atoms with Gasteiger partial charge in [-0.2, -0.15) is 12.6 Å². The van der Waals surface area contributed by atoms with Gasteiger partial charge in [0.25, 0.3) is 0 Å². The summed E-state index contributed by atoms with van der Waals surface area (Å²) < 4.78 is 0. The number of rotatable bonds is 1. The van der Waals surface area contributed by atoms with Crippen molar-refractivity contribution < 1.29 is 0 Å². The Hall–Kier alpha value is 0.0500. The molecule has 0 aromatic rings. The van der Waals surface area contributed by atoms with Crippen LogP contribution in [-0.2, 0) is 0 Å². The summed E-state index contributed by atoms with van der Waals surface area (Å²) in [4.78, 5) is 0. The average Bonchev–Trinajstić information content (AvgIpc) is 2.14. The molecule has 0 bridgehead atoms. The molecule has 0 aliphatic carbocycles. The van der Waals surface area contributed by atoms with E-state index >= 15 is 0 Å². The van der Waals surface area contributed by atoms with Crippen molar-refractivity contribution in [2.45, 2.75) is 6.04 Å². The molecule has 0 saturated heterocycles. The summed E-state index contributed by atoms with van der Waals surface area (Å²) in [6.07, 6.45) is 4.27. The molecule has 0 radical (unpaired) electrons. The van der Waals surface area contributed by atoms with Gasteiger partial charge < -0.3 is 5.32 Å². The lowest BCUT2D eigenvalue weighted by Crippen LogP contribution is -2.22. The molecular formula is C5H9NS. The van der Waals surface area contributed by atoms with Crippen molar-refractivity contribution >= 4 is 12.6 Å². The summed E-state index contributed by atoms with van der Waals surface area (Å²) in [5.74, 6) is 0.913. The summed E-state index contributed by atoms with van der Waals surface area (Å²) >= 11 is 4.10. The van der Waals surface area contributed by atoms with Crippen LogP contribution in [0.5, 0.6) is 0 Å². The summed E-state index contributed by atoms with van der Waals surface area (Å²) in [7, 11) is 0. The highest BCUT2D eigenvalue weighted by atomic mass is 32.1. The molecule has 0 saturated carbocycles. The van der Waals surface area contributed by atoms with E-state index in [1.165, 1.54) is 0 Å². The Morgan fingerprint density at radius 3 is 3.00 bits per heavy atom. The second-order valence-electron chi connectivity index (χ2n) is 1.63.